The van der Waals surface area contributed by atoms with Gasteiger partial charge in [-0.1, -0.05) is 167 Å². The van der Waals surface area contributed by atoms with Crippen molar-refractivity contribution in [1.29, 1.82) is 0 Å². The molecule has 0 heterocycles. The Morgan fingerprint density at radius 2 is 0.864 bits per heavy atom. The third-order valence-corrected chi connectivity index (χ3v) is 12.1. The van der Waals surface area contributed by atoms with E-state index in [1.165, 1.54) is 109 Å². The van der Waals surface area contributed by atoms with Gasteiger partial charge in [-0.25, -0.2) is 4.57 Å². The number of phosphoric acid groups is 1. The fourth-order valence-electron chi connectivity index (χ4n) is 7.28. The standard InChI is InChI=1S/C45H85O13P/c1-3-5-7-9-11-13-15-17-18-19-20-21-22-24-26-28-30-32-34-39(47)57-37(35-55-38(46)33-31-29-27-25-23-16-14-12-10-8-6-4-2)36-56-59(53,54)58-45-43(51)41(49)40(48)42(50)44(45)52/h12,14,37,40-45,48-52H,3-11,13,15-36H2,1-2H3,(H,53,54)/b14-12+/t37-,40?,41+,42?,43?,44?,45?/m1/s1. The average molecular weight is 865 g/mol. The summed E-state index contributed by atoms with van der Waals surface area (Å²) >= 11 is 0. The summed E-state index contributed by atoms with van der Waals surface area (Å²) in [6.45, 7) is 3.28. The number of ether oxygens (including phenoxy) is 2. The minimum absolute atomic E-state index is 0.101. The third-order valence-electron chi connectivity index (χ3n) is 11.1. The summed E-state index contributed by atoms with van der Waals surface area (Å²) in [4.78, 5) is 35.7. The van der Waals surface area contributed by atoms with Gasteiger partial charge in [-0.3, -0.25) is 18.6 Å². The van der Waals surface area contributed by atoms with E-state index in [0.29, 0.717) is 12.8 Å². The molecule has 1 aliphatic carbocycles. The van der Waals surface area contributed by atoms with Crippen molar-refractivity contribution in [3.8, 4) is 0 Å². The highest BCUT2D eigenvalue weighted by Crippen LogP contribution is 2.47. The largest absolute Gasteiger partial charge is 0.472 e. The summed E-state index contributed by atoms with van der Waals surface area (Å²) in [6.07, 6.45) is 24.1. The molecule has 0 bridgehead atoms. The molecular formula is C45H85O13P. The number of allylic oxidation sites excluding steroid dienone is 2. The Bertz CT molecular complexity index is 1090. The second-order valence-electron chi connectivity index (χ2n) is 16.6. The Hall–Kier alpha value is -1.41. The van der Waals surface area contributed by atoms with Crippen LogP contribution in [0, 0.1) is 0 Å². The summed E-state index contributed by atoms with van der Waals surface area (Å²) in [5.74, 6) is -1.10. The molecule has 14 heteroatoms. The smallest absolute Gasteiger partial charge is 0.462 e. The van der Waals surface area contributed by atoms with E-state index in [4.69, 9.17) is 18.5 Å². The van der Waals surface area contributed by atoms with Gasteiger partial charge in [-0.05, 0) is 38.5 Å². The number of unbranched alkanes of at least 4 members (excludes halogenated alkanes) is 25. The predicted molar refractivity (Wildman–Crippen MR) is 231 cm³/mol. The quantitative estimate of drug-likeness (QED) is 0.0148. The van der Waals surface area contributed by atoms with Gasteiger partial charge in [0, 0.05) is 12.8 Å². The molecule has 0 spiro atoms. The van der Waals surface area contributed by atoms with Gasteiger partial charge in [0.1, 0.15) is 43.2 Å². The zero-order chi connectivity index (χ0) is 43.6. The molecule has 6 unspecified atom stereocenters. The lowest BCUT2D eigenvalue weighted by Gasteiger charge is -2.41. The van der Waals surface area contributed by atoms with Crippen LogP contribution in [0.1, 0.15) is 206 Å². The molecule has 0 amide bonds. The molecule has 0 aliphatic heterocycles. The van der Waals surface area contributed by atoms with Gasteiger partial charge in [0.25, 0.3) is 0 Å². The first-order chi connectivity index (χ1) is 28.4. The molecule has 1 aliphatic rings. The molecule has 1 saturated carbocycles. The van der Waals surface area contributed by atoms with Crippen molar-refractivity contribution in [2.24, 2.45) is 0 Å². The van der Waals surface area contributed by atoms with E-state index in [1.807, 2.05) is 0 Å². The predicted octanol–water partition coefficient (Wildman–Crippen LogP) is 9.06. The van der Waals surface area contributed by atoms with Crippen LogP contribution in [-0.4, -0.2) is 98.3 Å². The first-order valence-corrected chi connectivity index (χ1v) is 25.0. The number of aliphatic hydroxyl groups excluding tert-OH is 5. The summed E-state index contributed by atoms with van der Waals surface area (Å²) in [6, 6.07) is 0. The van der Waals surface area contributed by atoms with Crippen LogP contribution in [0.15, 0.2) is 12.2 Å². The van der Waals surface area contributed by atoms with E-state index in [9.17, 15) is 44.6 Å². The molecule has 0 aromatic heterocycles. The topological polar surface area (TPSA) is 210 Å². The van der Waals surface area contributed by atoms with Gasteiger partial charge in [0.05, 0.1) is 6.61 Å². The fraction of sp³-hybridized carbons (Fsp3) is 0.911. The van der Waals surface area contributed by atoms with Crippen molar-refractivity contribution in [2.75, 3.05) is 13.2 Å². The van der Waals surface area contributed by atoms with Crippen LogP contribution < -0.4 is 0 Å². The highest BCUT2D eigenvalue weighted by molar-refractivity contribution is 7.47. The van der Waals surface area contributed by atoms with Crippen molar-refractivity contribution in [2.45, 2.75) is 249 Å². The van der Waals surface area contributed by atoms with Crippen molar-refractivity contribution in [3.63, 3.8) is 0 Å². The average Bonchev–Trinajstić information content (AvgIpc) is 3.21. The van der Waals surface area contributed by atoms with Gasteiger partial charge >= 0.3 is 19.8 Å². The summed E-state index contributed by atoms with van der Waals surface area (Å²) in [5, 5.41) is 50.1. The zero-order valence-electron chi connectivity index (χ0n) is 36.8. The molecule has 6 N–H and O–H groups in total. The normalized spacial score (nSPS) is 22.4. The minimum Gasteiger partial charge on any atom is -0.462 e. The van der Waals surface area contributed by atoms with Gasteiger partial charge in [-0.2, -0.15) is 0 Å². The highest BCUT2D eigenvalue weighted by atomic mass is 31.2. The van der Waals surface area contributed by atoms with Gasteiger partial charge in [0.15, 0.2) is 6.10 Å². The van der Waals surface area contributed by atoms with Gasteiger partial charge < -0.3 is 39.9 Å². The van der Waals surface area contributed by atoms with Gasteiger partial charge in [0.2, 0.25) is 0 Å². The van der Waals surface area contributed by atoms with Crippen LogP contribution in [0.5, 0.6) is 0 Å². The maximum Gasteiger partial charge on any atom is 0.472 e. The Kier molecular flexibility index (Phi) is 34.0. The number of rotatable bonds is 39. The molecule has 8 atom stereocenters. The second kappa shape index (κ2) is 36.1. The lowest BCUT2D eigenvalue weighted by Crippen LogP contribution is -2.64. The van der Waals surface area contributed by atoms with Crippen molar-refractivity contribution < 1.29 is 63.1 Å². The number of carbonyl (C=O) groups excluding carboxylic acids is 2. The van der Waals surface area contributed by atoms with E-state index in [1.54, 1.807) is 0 Å². The Labute approximate surface area is 356 Å². The fourth-order valence-corrected chi connectivity index (χ4v) is 8.26. The van der Waals surface area contributed by atoms with Crippen LogP contribution in [0.2, 0.25) is 0 Å². The number of carbonyl (C=O) groups is 2. The molecule has 0 aromatic carbocycles. The highest BCUT2D eigenvalue weighted by Gasteiger charge is 2.51. The minimum atomic E-state index is -5.11. The maximum atomic E-state index is 12.8. The van der Waals surface area contributed by atoms with Crippen LogP contribution in [0.25, 0.3) is 0 Å². The van der Waals surface area contributed by atoms with Crippen LogP contribution in [0.4, 0.5) is 0 Å². The lowest BCUT2D eigenvalue weighted by molar-refractivity contribution is -0.220. The third kappa shape index (κ3) is 28.7. The first kappa shape index (κ1) is 55.6. The number of phosphoric ester groups is 1. The number of esters is 2. The van der Waals surface area contributed by atoms with Gasteiger partial charge in [-0.15, -0.1) is 0 Å². The molecule has 348 valence electrons. The molecular weight excluding hydrogens is 779 g/mol. The van der Waals surface area contributed by atoms with Crippen LogP contribution in [0.3, 0.4) is 0 Å². The van der Waals surface area contributed by atoms with E-state index in [0.717, 1.165) is 57.8 Å². The Morgan fingerprint density at radius 3 is 1.32 bits per heavy atom. The van der Waals surface area contributed by atoms with E-state index in [-0.39, 0.29) is 12.8 Å². The summed E-state index contributed by atoms with van der Waals surface area (Å²) in [5.41, 5.74) is 0. The Balaban J connectivity index is 2.43. The molecule has 59 heavy (non-hydrogen) atoms. The molecule has 0 aromatic rings. The van der Waals surface area contributed by atoms with Crippen molar-refractivity contribution in [1.82, 2.24) is 0 Å². The van der Waals surface area contributed by atoms with Crippen LogP contribution in [-0.2, 0) is 32.7 Å². The van der Waals surface area contributed by atoms with Crippen molar-refractivity contribution in [3.05, 3.63) is 12.2 Å². The van der Waals surface area contributed by atoms with E-state index >= 15 is 0 Å². The molecule has 0 radical (unpaired) electrons. The van der Waals surface area contributed by atoms with E-state index < -0.39 is 75.7 Å². The maximum absolute atomic E-state index is 12.8. The molecule has 1 fully saturated rings. The number of aliphatic hydroxyl groups is 5. The number of hydrogen-bond donors (Lipinski definition) is 6. The summed E-state index contributed by atoms with van der Waals surface area (Å²) < 4.78 is 33.5. The molecule has 0 saturated heterocycles. The Morgan fingerprint density at radius 1 is 0.508 bits per heavy atom. The molecule has 13 nitrogen and oxygen atoms in total. The SMILES string of the molecule is CCCCC/C=C/CCCCCCCC(=O)OC[C@H](COP(=O)(O)OC1C(O)C(O)C(O)[C@H](O)C1O)OC(=O)CCCCCCCCCCCCCCCCCCCC. The second-order valence-corrected chi connectivity index (χ2v) is 18.0. The van der Waals surface area contributed by atoms with E-state index in [2.05, 4.69) is 26.0 Å². The monoisotopic (exact) mass is 865 g/mol. The first-order valence-electron chi connectivity index (χ1n) is 23.5. The van der Waals surface area contributed by atoms with Crippen molar-refractivity contribution >= 4 is 19.8 Å². The molecule has 1 rings (SSSR count). The zero-order valence-corrected chi connectivity index (χ0v) is 37.7. The lowest BCUT2D eigenvalue weighted by atomic mass is 9.85. The van der Waals surface area contributed by atoms with Crippen LogP contribution >= 0.6 is 7.82 Å². The number of hydrogen-bond acceptors (Lipinski definition) is 12. The summed E-state index contributed by atoms with van der Waals surface area (Å²) in [7, 11) is -5.11.